The zero-order chi connectivity index (χ0) is 11.2. The zero-order valence-electron chi connectivity index (χ0n) is 10.00. The summed E-state index contributed by atoms with van der Waals surface area (Å²) in [6.45, 7) is 4.22. The van der Waals surface area contributed by atoms with Crippen LogP contribution in [0.4, 0.5) is 11.6 Å². The molecule has 0 spiro atoms. The summed E-state index contributed by atoms with van der Waals surface area (Å²) in [6, 6.07) is 6.11. The molecule has 1 saturated carbocycles. The van der Waals surface area contributed by atoms with Crippen LogP contribution in [0.5, 0.6) is 0 Å². The van der Waals surface area contributed by atoms with Gasteiger partial charge in [0.2, 0.25) is 0 Å². The molecule has 1 heterocycles. The van der Waals surface area contributed by atoms with Gasteiger partial charge in [-0.3, -0.25) is 0 Å². The number of hydrogen-bond acceptors (Lipinski definition) is 3. The fourth-order valence-electron chi connectivity index (χ4n) is 1.83. The number of hydrogen-bond donors (Lipinski definition) is 2. The van der Waals surface area contributed by atoms with Gasteiger partial charge in [-0.15, -0.1) is 0 Å². The second-order valence-electron chi connectivity index (χ2n) is 4.51. The molecule has 1 fully saturated rings. The minimum Gasteiger partial charge on any atom is -0.370 e. The lowest BCUT2D eigenvalue weighted by Crippen LogP contribution is -2.21. The van der Waals surface area contributed by atoms with E-state index < -0.39 is 0 Å². The molecule has 3 heteroatoms. The molecular formula is C13H21N3. The molecule has 2 rings (SSSR count). The lowest BCUT2D eigenvalue weighted by molar-refractivity contribution is 0.333. The van der Waals surface area contributed by atoms with E-state index in [4.69, 9.17) is 0 Å². The number of rotatable bonds is 6. The molecule has 0 aliphatic heterocycles. The number of anilines is 2. The molecule has 16 heavy (non-hydrogen) atoms. The lowest BCUT2D eigenvalue weighted by Gasteiger charge is -2.25. The van der Waals surface area contributed by atoms with Crippen LogP contribution >= 0.6 is 0 Å². The van der Waals surface area contributed by atoms with Crippen molar-refractivity contribution in [1.82, 2.24) is 4.98 Å². The Bertz CT molecular complexity index is 321. The highest BCUT2D eigenvalue weighted by molar-refractivity contribution is 5.45. The van der Waals surface area contributed by atoms with Crippen molar-refractivity contribution in [3.63, 3.8) is 0 Å². The molecule has 3 nitrogen and oxygen atoms in total. The smallest absolute Gasteiger partial charge is 0.128 e. The highest BCUT2D eigenvalue weighted by Crippen LogP contribution is 2.26. The first kappa shape index (κ1) is 11.2. The van der Waals surface area contributed by atoms with Gasteiger partial charge in [-0.2, -0.15) is 0 Å². The molecule has 0 unspecified atom stereocenters. The van der Waals surface area contributed by atoms with Crippen molar-refractivity contribution in [2.45, 2.75) is 32.6 Å². The summed E-state index contributed by atoms with van der Waals surface area (Å²) in [5.74, 6) is 2.84. The average molecular weight is 219 g/mol. The Hall–Kier alpha value is -1.25. The van der Waals surface area contributed by atoms with Crippen LogP contribution in [0.2, 0.25) is 0 Å². The molecule has 1 aliphatic carbocycles. The fraction of sp³-hybridized carbons (Fsp3) is 0.615. The maximum atomic E-state index is 4.52. The summed E-state index contributed by atoms with van der Waals surface area (Å²) in [5.41, 5.74) is 0. The summed E-state index contributed by atoms with van der Waals surface area (Å²) in [6.07, 6.45) is 5.28. The maximum Gasteiger partial charge on any atom is 0.128 e. The van der Waals surface area contributed by atoms with E-state index in [-0.39, 0.29) is 0 Å². The monoisotopic (exact) mass is 219 g/mol. The van der Waals surface area contributed by atoms with Crippen molar-refractivity contribution in [3.05, 3.63) is 18.2 Å². The second kappa shape index (κ2) is 5.73. The second-order valence-corrected chi connectivity index (χ2v) is 4.51. The van der Waals surface area contributed by atoms with E-state index in [1.807, 2.05) is 18.2 Å². The van der Waals surface area contributed by atoms with E-state index in [1.54, 1.807) is 0 Å². The normalized spacial score (nSPS) is 15.6. The van der Waals surface area contributed by atoms with Crippen LogP contribution in [0.25, 0.3) is 0 Å². The van der Waals surface area contributed by atoms with Crippen molar-refractivity contribution in [2.24, 2.45) is 5.92 Å². The van der Waals surface area contributed by atoms with E-state index in [9.17, 15) is 0 Å². The minimum absolute atomic E-state index is 0.869. The Morgan fingerprint density at radius 2 is 2.00 bits per heavy atom. The molecule has 0 atom stereocenters. The van der Waals surface area contributed by atoms with Gasteiger partial charge >= 0.3 is 0 Å². The number of nitrogens with zero attached hydrogens (tertiary/aromatic N) is 1. The average Bonchev–Trinajstić information content (AvgIpc) is 2.25. The standard InChI is InChI=1S/C13H21N3/c1-2-9-14-12-7-4-8-13(16-12)15-10-11-5-3-6-11/h4,7-8,11H,2-3,5-6,9-10H2,1H3,(H2,14,15,16). The number of pyridine rings is 1. The van der Waals surface area contributed by atoms with Crippen LogP contribution < -0.4 is 10.6 Å². The van der Waals surface area contributed by atoms with E-state index >= 15 is 0 Å². The lowest BCUT2D eigenvalue weighted by atomic mass is 9.85. The van der Waals surface area contributed by atoms with E-state index in [0.29, 0.717) is 0 Å². The quantitative estimate of drug-likeness (QED) is 0.772. The van der Waals surface area contributed by atoms with Gasteiger partial charge < -0.3 is 10.6 Å². The van der Waals surface area contributed by atoms with Crippen LogP contribution in [0.15, 0.2) is 18.2 Å². The summed E-state index contributed by atoms with van der Waals surface area (Å²) in [4.78, 5) is 4.52. The third-order valence-electron chi connectivity index (χ3n) is 3.10. The van der Waals surface area contributed by atoms with Crippen molar-refractivity contribution in [1.29, 1.82) is 0 Å². The Kier molecular flexibility index (Phi) is 4.03. The van der Waals surface area contributed by atoms with Crippen molar-refractivity contribution in [3.8, 4) is 0 Å². The minimum atomic E-state index is 0.869. The number of nitrogens with one attached hydrogen (secondary N) is 2. The van der Waals surface area contributed by atoms with Gasteiger partial charge in [0.1, 0.15) is 11.6 Å². The molecule has 0 amide bonds. The number of aromatic nitrogens is 1. The summed E-state index contributed by atoms with van der Waals surface area (Å²) in [5, 5.41) is 6.71. The van der Waals surface area contributed by atoms with Crippen LogP contribution in [0.1, 0.15) is 32.6 Å². The molecule has 0 saturated heterocycles. The van der Waals surface area contributed by atoms with E-state index in [1.165, 1.54) is 19.3 Å². The first-order valence-corrected chi connectivity index (χ1v) is 6.33. The van der Waals surface area contributed by atoms with Gasteiger partial charge in [0.25, 0.3) is 0 Å². The predicted molar refractivity (Wildman–Crippen MR) is 68.8 cm³/mol. The van der Waals surface area contributed by atoms with Gasteiger partial charge in [-0.05, 0) is 37.3 Å². The van der Waals surface area contributed by atoms with Crippen molar-refractivity contribution < 1.29 is 0 Å². The van der Waals surface area contributed by atoms with Crippen LogP contribution in [0.3, 0.4) is 0 Å². The Morgan fingerprint density at radius 1 is 1.25 bits per heavy atom. The zero-order valence-corrected chi connectivity index (χ0v) is 10.00. The summed E-state index contributed by atoms with van der Waals surface area (Å²) >= 11 is 0. The third-order valence-corrected chi connectivity index (χ3v) is 3.10. The molecule has 1 aliphatic rings. The Labute approximate surface area is 97.7 Å². The largest absolute Gasteiger partial charge is 0.370 e. The molecule has 0 radical (unpaired) electrons. The first-order chi connectivity index (χ1) is 7.88. The van der Waals surface area contributed by atoms with Gasteiger partial charge in [0.15, 0.2) is 0 Å². The predicted octanol–water partition coefficient (Wildman–Crippen LogP) is 3.12. The Morgan fingerprint density at radius 3 is 2.62 bits per heavy atom. The molecule has 88 valence electrons. The molecule has 0 aromatic carbocycles. The molecule has 2 N–H and O–H groups in total. The topological polar surface area (TPSA) is 37.0 Å². The molecule has 1 aromatic heterocycles. The fourth-order valence-corrected chi connectivity index (χ4v) is 1.83. The maximum absolute atomic E-state index is 4.52. The van der Waals surface area contributed by atoms with Crippen molar-refractivity contribution >= 4 is 11.6 Å². The highest BCUT2D eigenvalue weighted by Gasteiger charge is 2.16. The SMILES string of the molecule is CCCNc1cccc(NCC2CCC2)n1. The Balaban J connectivity index is 1.82. The first-order valence-electron chi connectivity index (χ1n) is 6.33. The van der Waals surface area contributed by atoms with Crippen molar-refractivity contribution in [2.75, 3.05) is 23.7 Å². The van der Waals surface area contributed by atoms with Gasteiger partial charge in [0.05, 0.1) is 0 Å². The van der Waals surface area contributed by atoms with Crippen LogP contribution in [-0.4, -0.2) is 18.1 Å². The highest BCUT2D eigenvalue weighted by atomic mass is 15.1. The summed E-state index contributed by atoms with van der Waals surface area (Å²) in [7, 11) is 0. The molecule has 1 aromatic rings. The summed E-state index contributed by atoms with van der Waals surface area (Å²) < 4.78 is 0. The van der Waals surface area contributed by atoms with Gasteiger partial charge in [0, 0.05) is 13.1 Å². The molecule has 0 bridgehead atoms. The van der Waals surface area contributed by atoms with Crippen LogP contribution in [-0.2, 0) is 0 Å². The van der Waals surface area contributed by atoms with E-state index in [2.05, 4.69) is 22.5 Å². The van der Waals surface area contributed by atoms with Gasteiger partial charge in [-0.1, -0.05) is 19.4 Å². The van der Waals surface area contributed by atoms with E-state index in [0.717, 1.165) is 37.1 Å². The van der Waals surface area contributed by atoms with Crippen LogP contribution in [0, 0.1) is 5.92 Å². The third kappa shape index (κ3) is 3.12. The molecular weight excluding hydrogens is 198 g/mol. The van der Waals surface area contributed by atoms with Gasteiger partial charge in [-0.25, -0.2) is 4.98 Å².